The number of rotatable bonds is 4. The number of imidazole rings is 1. The van der Waals surface area contributed by atoms with Crippen molar-refractivity contribution >= 4 is 33.8 Å². The fourth-order valence-electron chi connectivity index (χ4n) is 2.04. The zero-order valence-corrected chi connectivity index (χ0v) is 13.2. The third-order valence-electron chi connectivity index (χ3n) is 3.02. The maximum atomic E-state index is 13.6. The predicted molar refractivity (Wildman–Crippen MR) is 83.0 cm³/mol. The maximum Gasteiger partial charge on any atom is 0.255 e. The number of nitrogens with one attached hydrogen (secondary N) is 1. The fraction of sp³-hybridized carbons (Fsp3) is 0.214. The van der Waals surface area contributed by atoms with E-state index in [-0.39, 0.29) is 10.6 Å². The van der Waals surface area contributed by atoms with Crippen LogP contribution in [0.1, 0.15) is 21.1 Å². The van der Waals surface area contributed by atoms with E-state index in [0.717, 1.165) is 15.7 Å². The van der Waals surface area contributed by atoms with E-state index in [9.17, 15) is 9.18 Å². The second-order valence-electron chi connectivity index (χ2n) is 4.71. The van der Waals surface area contributed by atoms with Crippen molar-refractivity contribution in [2.24, 2.45) is 0 Å². The summed E-state index contributed by atoms with van der Waals surface area (Å²) in [5, 5.41) is 7.96. The standard InChI is InChI=1S/C14H12ClFN4OS/c1-8-7-20-14(18-8)22-11(19-20)5-6-17-13(21)12-9(15)3-2-4-10(12)16/h2-4,7H,5-6H2,1H3,(H,17,21). The Labute approximate surface area is 134 Å². The molecule has 1 amide bonds. The Morgan fingerprint density at radius 1 is 1.50 bits per heavy atom. The Morgan fingerprint density at radius 3 is 3.05 bits per heavy atom. The summed E-state index contributed by atoms with van der Waals surface area (Å²) in [7, 11) is 0. The van der Waals surface area contributed by atoms with Gasteiger partial charge in [-0.3, -0.25) is 4.79 Å². The van der Waals surface area contributed by atoms with Gasteiger partial charge in [-0.25, -0.2) is 13.9 Å². The summed E-state index contributed by atoms with van der Waals surface area (Å²) >= 11 is 7.31. The summed E-state index contributed by atoms with van der Waals surface area (Å²) in [5.41, 5.74) is 0.779. The normalized spacial score (nSPS) is 11.0. The molecule has 22 heavy (non-hydrogen) atoms. The molecule has 0 spiro atoms. The van der Waals surface area contributed by atoms with Crippen molar-refractivity contribution < 1.29 is 9.18 Å². The number of hydrogen-bond donors (Lipinski definition) is 1. The molecule has 0 aliphatic heterocycles. The van der Waals surface area contributed by atoms with Crippen LogP contribution in [0, 0.1) is 12.7 Å². The van der Waals surface area contributed by atoms with Crippen LogP contribution in [0.25, 0.3) is 4.96 Å². The molecular weight excluding hydrogens is 327 g/mol. The predicted octanol–water partition coefficient (Wildman–Crippen LogP) is 2.86. The summed E-state index contributed by atoms with van der Waals surface area (Å²) in [6.45, 7) is 2.25. The van der Waals surface area contributed by atoms with E-state index in [1.807, 2.05) is 13.1 Å². The Morgan fingerprint density at radius 2 is 2.32 bits per heavy atom. The van der Waals surface area contributed by atoms with Crippen molar-refractivity contribution in [3.05, 3.63) is 51.5 Å². The first-order chi connectivity index (χ1) is 10.5. The molecule has 0 aliphatic rings. The van der Waals surface area contributed by atoms with Gasteiger partial charge < -0.3 is 5.32 Å². The molecule has 1 aromatic carbocycles. The minimum atomic E-state index is -0.631. The average Bonchev–Trinajstić information content (AvgIpc) is 2.95. The van der Waals surface area contributed by atoms with Gasteiger partial charge in [0.15, 0.2) is 0 Å². The van der Waals surface area contributed by atoms with Gasteiger partial charge in [0.2, 0.25) is 4.96 Å². The summed E-state index contributed by atoms with van der Waals surface area (Å²) < 4.78 is 15.3. The number of hydrogen-bond acceptors (Lipinski definition) is 4. The lowest BCUT2D eigenvalue weighted by Crippen LogP contribution is -2.26. The Hall–Kier alpha value is -1.99. The van der Waals surface area contributed by atoms with E-state index in [4.69, 9.17) is 11.6 Å². The SMILES string of the molecule is Cc1cn2nc(CCNC(=O)c3c(F)cccc3Cl)sc2n1. The molecule has 0 saturated heterocycles. The van der Waals surface area contributed by atoms with Crippen molar-refractivity contribution in [2.75, 3.05) is 6.54 Å². The van der Waals surface area contributed by atoms with E-state index < -0.39 is 11.7 Å². The van der Waals surface area contributed by atoms with Crippen LogP contribution in [0.3, 0.4) is 0 Å². The molecule has 0 atom stereocenters. The van der Waals surface area contributed by atoms with Gasteiger partial charge in [-0.05, 0) is 19.1 Å². The summed E-state index contributed by atoms with van der Waals surface area (Å²) in [4.78, 5) is 17.1. The minimum absolute atomic E-state index is 0.0979. The number of fused-ring (bicyclic) bond motifs is 1. The summed E-state index contributed by atoms with van der Waals surface area (Å²) in [6.07, 6.45) is 2.39. The molecular formula is C14H12ClFN4OS. The number of benzene rings is 1. The Kier molecular flexibility index (Phi) is 4.08. The number of amides is 1. The molecule has 0 fully saturated rings. The number of carbonyl (C=O) groups excluding carboxylic acids is 1. The molecule has 3 rings (SSSR count). The third kappa shape index (κ3) is 2.95. The highest BCUT2D eigenvalue weighted by atomic mass is 35.5. The van der Waals surface area contributed by atoms with Crippen molar-refractivity contribution in [3.63, 3.8) is 0 Å². The van der Waals surface area contributed by atoms with Crippen LogP contribution >= 0.6 is 22.9 Å². The molecule has 0 aliphatic carbocycles. The summed E-state index contributed by atoms with van der Waals surface area (Å²) in [6, 6.07) is 4.15. The second-order valence-corrected chi connectivity index (χ2v) is 6.16. The quantitative estimate of drug-likeness (QED) is 0.795. The van der Waals surface area contributed by atoms with Gasteiger partial charge in [-0.2, -0.15) is 5.10 Å². The van der Waals surface area contributed by atoms with Crippen molar-refractivity contribution in [2.45, 2.75) is 13.3 Å². The lowest BCUT2D eigenvalue weighted by Gasteiger charge is -2.06. The van der Waals surface area contributed by atoms with Gasteiger partial charge in [0.1, 0.15) is 10.8 Å². The smallest absolute Gasteiger partial charge is 0.255 e. The molecule has 0 unspecified atom stereocenters. The van der Waals surface area contributed by atoms with Crippen LogP contribution in [-0.4, -0.2) is 27.0 Å². The van der Waals surface area contributed by atoms with E-state index in [1.165, 1.54) is 29.5 Å². The van der Waals surface area contributed by atoms with E-state index in [1.54, 1.807) is 4.52 Å². The number of carbonyl (C=O) groups is 1. The largest absolute Gasteiger partial charge is 0.351 e. The third-order valence-corrected chi connectivity index (χ3v) is 4.32. The van der Waals surface area contributed by atoms with Gasteiger partial charge in [0.25, 0.3) is 5.91 Å². The molecule has 8 heteroatoms. The van der Waals surface area contributed by atoms with E-state index in [0.29, 0.717) is 13.0 Å². The van der Waals surface area contributed by atoms with Crippen LogP contribution in [0.2, 0.25) is 5.02 Å². The molecule has 1 N–H and O–H groups in total. The molecule has 3 aromatic rings. The molecule has 0 bridgehead atoms. The zero-order chi connectivity index (χ0) is 15.7. The average molecular weight is 339 g/mol. The first kappa shape index (κ1) is 14.9. The lowest BCUT2D eigenvalue weighted by atomic mass is 10.2. The monoisotopic (exact) mass is 338 g/mol. The Bertz CT molecular complexity index is 793. The van der Waals surface area contributed by atoms with Crippen molar-refractivity contribution in [1.29, 1.82) is 0 Å². The number of aromatic nitrogens is 3. The number of aryl methyl sites for hydroxylation is 1. The van der Waals surface area contributed by atoms with Crippen LogP contribution in [-0.2, 0) is 6.42 Å². The second kappa shape index (κ2) is 6.02. The van der Waals surface area contributed by atoms with Crippen LogP contribution < -0.4 is 5.32 Å². The van der Waals surface area contributed by atoms with Crippen LogP contribution in [0.5, 0.6) is 0 Å². The zero-order valence-electron chi connectivity index (χ0n) is 11.6. The first-order valence-corrected chi connectivity index (χ1v) is 7.78. The highest BCUT2D eigenvalue weighted by Gasteiger charge is 2.15. The first-order valence-electron chi connectivity index (χ1n) is 6.58. The van der Waals surface area contributed by atoms with Gasteiger partial charge in [-0.15, -0.1) is 0 Å². The van der Waals surface area contributed by atoms with Crippen molar-refractivity contribution in [1.82, 2.24) is 19.9 Å². The molecule has 0 radical (unpaired) electrons. The van der Waals surface area contributed by atoms with Crippen LogP contribution in [0.4, 0.5) is 4.39 Å². The van der Waals surface area contributed by atoms with Crippen LogP contribution in [0.15, 0.2) is 24.4 Å². The van der Waals surface area contributed by atoms with E-state index in [2.05, 4.69) is 15.4 Å². The highest BCUT2D eigenvalue weighted by molar-refractivity contribution is 7.16. The topological polar surface area (TPSA) is 59.3 Å². The molecule has 114 valence electrons. The van der Waals surface area contributed by atoms with Gasteiger partial charge in [-0.1, -0.05) is 29.0 Å². The molecule has 0 saturated carbocycles. The van der Waals surface area contributed by atoms with Gasteiger partial charge in [0.05, 0.1) is 22.5 Å². The fourth-order valence-corrected chi connectivity index (χ4v) is 3.21. The van der Waals surface area contributed by atoms with Crippen molar-refractivity contribution in [3.8, 4) is 0 Å². The minimum Gasteiger partial charge on any atom is -0.351 e. The highest BCUT2D eigenvalue weighted by Crippen LogP contribution is 2.19. The van der Waals surface area contributed by atoms with Gasteiger partial charge in [0, 0.05) is 13.0 Å². The number of nitrogens with zero attached hydrogens (tertiary/aromatic N) is 3. The molecule has 2 heterocycles. The number of halogens is 2. The Balaban J connectivity index is 1.62. The molecule has 2 aromatic heterocycles. The van der Waals surface area contributed by atoms with Gasteiger partial charge >= 0.3 is 0 Å². The van der Waals surface area contributed by atoms with E-state index >= 15 is 0 Å². The summed E-state index contributed by atoms with van der Waals surface area (Å²) in [5.74, 6) is -1.16. The molecule has 5 nitrogen and oxygen atoms in total. The maximum absolute atomic E-state index is 13.6. The lowest BCUT2D eigenvalue weighted by molar-refractivity contribution is 0.0950.